The van der Waals surface area contributed by atoms with Gasteiger partial charge < -0.3 is 15.1 Å². The molecule has 1 saturated heterocycles. The highest BCUT2D eigenvalue weighted by Gasteiger charge is 2.35. The van der Waals surface area contributed by atoms with Crippen molar-refractivity contribution >= 4 is 18.3 Å². The minimum absolute atomic E-state index is 0. The number of hydrogen-bond acceptors (Lipinski definition) is 4. The fraction of sp³-hybridized carbons (Fsp3) is 0.375. The lowest BCUT2D eigenvalue weighted by molar-refractivity contribution is 0.0755. The van der Waals surface area contributed by atoms with Crippen LogP contribution in [0.1, 0.15) is 33.6 Å². The van der Waals surface area contributed by atoms with Gasteiger partial charge in [0.25, 0.3) is 5.91 Å². The third-order valence-electron chi connectivity index (χ3n) is 3.98. The van der Waals surface area contributed by atoms with E-state index in [2.05, 4.69) is 17.1 Å². The lowest BCUT2D eigenvalue weighted by atomic mass is 9.95. The number of rotatable bonds is 2. The molecular formula is C16H20ClN3O2. The highest BCUT2D eigenvalue weighted by molar-refractivity contribution is 5.92. The Kier molecular flexibility index (Phi) is 4.88. The molecular weight excluding hydrogens is 302 g/mol. The van der Waals surface area contributed by atoms with E-state index in [0.29, 0.717) is 30.4 Å². The summed E-state index contributed by atoms with van der Waals surface area (Å²) in [5.41, 5.74) is 8.03. The molecule has 0 spiro atoms. The van der Waals surface area contributed by atoms with Crippen LogP contribution in [0.5, 0.6) is 0 Å². The number of hydrogen-bond donors (Lipinski definition) is 1. The quantitative estimate of drug-likeness (QED) is 0.921. The molecule has 2 N–H and O–H groups in total. The Morgan fingerprint density at radius 3 is 2.55 bits per heavy atom. The Labute approximate surface area is 135 Å². The van der Waals surface area contributed by atoms with E-state index in [9.17, 15) is 4.79 Å². The van der Waals surface area contributed by atoms with Crippen LogP contribution in [-0.2, 0) is 0 Å². The topological polar surface area (TPSA) is 72.4 Å². The van der Waals surface area contributed by atoms with Crippen molar-refractivity contribution in [3.05, 3.63) is 53.2 Å². The molecule has 0 aliphatic carbocycles. The van der Waals surface area contributed by atoms with Crippen LogP contribution >= 0.6 is 12.4 Å². The Morgan fingerprint density at radius 1 is 1.27 bits per heavy atom. The van der Waals surface area contributed by atoms with Crippen molar-refractivity contribution in [3.8, 4) is 0 Å². The van der Waals surface area contributed by atoms with Crippen molar-refractivity contribution < 1.29 is 9.21 Å². The van der Waals surface area contributed by atoms with Crippen LogP contribution in [0.4, 0.5) is 0 Å². The number of aromatic nitrogens is 1. The van der Waals surface area contributed by atoms with Gasteiger partial charge in [-0.3, -0.25) is 4.79 Å². The summed E-state index contributed by atoms with van der Waals surface area (Å²) in [6.45, 7) is 4.68. The number of amides is 1. The van der Waals surface area contributed by atoms with Crippen LogP contribution in [0.3, 0.4) is 0 Å². The van der Waals surface area contributed by atoms with E-state index in [4.69, 9.17) is 10.2 Å². The van der Waals surface area contributed by atoms with E-state index in [1.54, 1.807) is 18.7 Å². The minimum Gasteiger partial charge on any atom is -0.436 e. The summed E-state index contributed by atoms with van der Waals surface area (Å²) in [5.74, 6) is 0.883. The van der Waals surface area contributed by atoms with Gasteiger partial charge in [0.2, 0.25) is 5.76 Å². The van der Waals surface area contributed by atoms with Gasteiger partial charge in [-0.25, -0.2) is 4.98 Å². The number of carbonyl (C=O) groups excluding carboxylic acids is 1. The van der Waals surface area contributed by atoms with Crippen LogP contribution in [0.15, 0.2) is 34.7 Å². The van der Waals surface area contributed by atoms with E-state index in [0.717, 1.165) is 0 Å². The highest BCUT2D eigenvalue weighted by atomic mass is 35.5. The normalized spacial score (nSPS) is 20.8. The van der Waals surface area contributed by atoms with Crippen molar-refractivity contribution in [2.24, 2.45) is 5.73 Å². The standard InChI is InChI=1S/C16H19N3O2.ClH/c1-10-15(21-11(2)18-10)16(20)19-8-13(14(17)9-19)12-6-4-3-5-7-12;/h3-7,13-14H,8-9,17H2,1-2H3;1H/t13-,14+;/m0./s1. The van der Waals surface area contributed by atoms with Gasteiger partial charge in [0.05, 0.1) is 5.69 Å². The third kappa shape index (κ3) is 3.00. The van der Waals surface area contributed by atoms with Gasteiger partial charge in [-0.05, 0) is 12.5 Å². The van der Waals surface area contributed by atoms with Crippen molar-refractivity contribution in [3.63, 3.8) is 0 Å². The first-order chi connectivity index (χ1) is 10.1. The van der Waals surface area contributed by atoms with Gasteiger partial charge in [0, 0.05) is 32.0 Å². The van der Waals surface area contributed by atoms with Gasteiger partial charge in [-0.1, -0.05) is 30.3 Å². The second kappa shape index (κ2) is 6.50. The predicted molar refractivity (Wildman–Crippen MR) is 86.3 cm³/mol. The van der Waals surface area contributed by atoms with Crippen LogP contribution in [0.2, 0.25) is 0 Å². The number of benzene rings is 1. The van der Waals surface area contributed by atoms with E-state index >= 15 is 0 Å². The monoisotopic (exact) mass is 321 g/mol. The molecule has 3 rings (SSSR count). The Hall–Kier alpha value is -1.85. The minimum atomic E-state index is -0.123. The SMILES string of the molecule is Cc1nc(C)c(C(=O)N2C[C@@H](N)[C@H](c3ccccc3)C2)o1.Cl. The molecule has 1 aliphatic heterocycles. The molecule has 6 heteroatoms. The number of nitrogens with two attached hydrogens (primary N) is 1. The molecule has 0 unspecified atom stereocenters. The lowest BCUT2D eigenvalue weighted by Gasteiger charge is -2.15. The van der Waals surface area contributed by atoms with Gasteiger partial charge in [-0.15, -0.1) is 12.4 Å². The van der Waals surface area contributed by atoms with Gasteiger partial charge >= 0.3 is 0 Å². The first-order valence-corrected chi connectivity index (χ1v) is 7.10. The Morgan fingerprint density at radius 2 is 1.95 bits per heavy atom. The molecule has 5 nitrogen and oxygen atoms in total. The summed E-state index contributed by atoms with van der Waals surface area (Å²) in [5, 5.41) is 0. The fourth-order valence-corrected chi connectivity index (χ4v) is 2.92. The number of carbonyl (C=O) groups is 1. The van der Waals surface area contributed by atoms with E-state index < -0.39 is 0 Å². The maximum absolute atomic E-state index is 12.5. The molecule has 0 radical (unpaired) electrons. The number of aryl methyl sites for hydroxylation is 2. The average molecular weight is 322 g/mol. The van der Waals surface area contributed by atoms with Gasteiger partial charge in [0.1, 0.15) is 0 Å². The molecule has 1 fully saturated rings. The maximum Gasteiger partial charge on any atom is 0.291 e. The first kappa shape index (κ1) is 16.5. The van der Waals surface area contributed by atoms with E-state index in [1.165, 1.54) is 5.56 Å². The zero-order chi connectivity index (χ0) is 15.0. The second-order valence-electron chi connectivity index (χ2n) is 5.54. The summed E-state index contributed by atoms with van der Waals surface area (Å²) in [6.07, 6.45) is 0. The molecule has 2 heterocycles. The fourth-order valence-electron chi connectivity index (χ4n) is 2.92. The predicted octanol–water partition coefficient (Wildman–Crippen LogP) is 2.28. The lowest BCUT2D eigenvalue weighted by Crippen LogP contribution is -2.32. The summed E-state index contributed by atoms with van der Waals surface area (Å²) in [4.78, 5) is 18.5. The van der Waals surface area contributed by atoms with Crippen molar-refractivity contribution in [1.82, 2.24) is 9.88 Å². The molecule has 2 atom stereocenters. The molecule has 118 valence electrons. The first-order valence-electron chi connectivity index (χ1n) is 7.10. The van der Waals surface area contributed by atoms with Crippen LogP contribution < -0.4 is 5.73 Å². The Balaban J connectivity index is 0.00000176. The maximum atomic E-state index is 12.5. The summed E-state index contributed by atoms with van der Waals surface area (Å²) in [6, 6.07) is 10.0. The number of halogens is 1. The number of oxazole rings is 1. The zero-order valence-electron chi connectivity index (χ0n) is 12.7. The third-order valence-corrected chi connectivity index (χ3v) is 3.98. The van der Waals surface area contributed by atoms with Gasteiger partial charge in [0.15, 0.2) is 5.89 Å². The van der Waals surface area contributed by atoms with E-state index in [1.807, 2.05) is 18.2 Å². The summed E-state index contributed by atoms with van der Waals surface area (Å²) < 4.78 is 5.42. The van der Waals surface area contributed by atoms with Crippen LogP contribution in [0.25, 0.3) is 0 Å². The molecule has 2 aromatic rings. The number of likely N-dealkylation sites (tertiary alicyclic amines) is 1. The molecule has 22 heavy (non-hydrogen) atoms. The molecule has 1 aromatic carbocycles. The molecule has 1 aliphatic rings. The molecule has 1 aromatic heterocycles. The second-order valence-corrected chi connectivity index (χ2v) is 5.54. The zero-order valence-corrected chi connectivity index (χ0v) is 13.5. The van der Waals surface area contributed by atoms with Gasteiger partial charge in [-0.2, -0.15) is 0 Å². The largest absolute Gasteiger partial charge is 0.436 e. The smallest absolute Gasteiger partial charge is 0.291 e. The molecule has 0 saturated carbocycles. The van der Waals surface area contributed by atoms with Crippen LogP contribution in [-0.4, -0.2) is 34.9 Å². The molecule has 1 amide bonds. The van der Waals surface area contributed by atoms with Crippen molar-refractivity contribution in [2.45, 2.75) is 25.8 Å². The van der Waals surface area contributed by atoms with Crippen molar-refractivity contribution in [2.75, 3.05) is 13.1 Å². The summed E-state index contributed by atoms with van der Waals surface area (Å²) >= 11 is 0. The highest BCUT2D eigenvalue weighted by Crippen LogP contribution is 2.28. The van der Waals surface area contributed by atoms with Crippen molar-refractivity contribution in [1.29, 1.82) is 0 Å². The molecule has 0 bridgehead atoms. The summed E-state index contributed by atoms with van der Waals surface area (Å²) in [7, 11) is 0. The Bertz CT molecular complexity index is 657. The van der Waals surface area contributed by atoms with E-state index in [-0.39, 0.29) is 30.3 Å². The average Bonchev–Trinajstić information content (AvgIpc) is 3.02. The number of nitrogens with zero attached hydrogens (tertiary/aromatic N) is 2. The van der Waals surface area contributed by atoms with Crippen LogP contribution in [0, 0.1) is 13.8 Å².